The fourth-order valence-electron chi connectivity index (χ4n) is 1.56. The Morgan fingerprint density at radius 1 is 1.43 bits per heavy atom. The largest absolute Gasteiger partial charge is 0.380 e. The summed E-state index contributed by atoms with van der Waals surface area (Å²) in [5.41, 5.74) is 0.0524. The molecule has 2 N–H and O–H groups in total. The zero-order chi connectivity index (χ0) is 16.0. The number of benzene rings is 1. The average Bonchev–Trinajstić information content (AvgIpc) is 2.45. The lowest BCUT2D eigenvalue weighted by Gasteiger charge is -2.11. The Hall–Kier alpha value is -1.32. The molecule has 0 aliphatic rings. The van der Waals surface area contributed by atoms with Crippen molar-refractivity contribution in [3.8, 4) is 0 Å². The maximum atomic E-state index is 12.1. The van der Waals surface area contributed by atoms with Crippen molar-refractivity contribution in [3.05, 3.63) is 28.3 Å². The van der Waals surface area contributed by atoms with Crippen molar-refractivity contribution in [2.75, 3.05) is 24.7 Å². The summed E-state index contributed by atoms with van der Waals surface area (Å²) in [5.74, 6) is 0. The topological polar surface area (TPSA) is 101 Å². The monoisotopic (exact) mass is 333 g/mol. The molecule has 1 aromatic rings. The van der Waals surface area contributed by atoms with E-state index in [1.165, 1.54) is 23.9 Å². The van der Waals surface area contributed by atoms with Gasteiger partial charge in [0, 0.05) is 24.4 Å². The van der Waals surface area contributed by atoms with E-state index >= 15 is 0 Å². The van der Waals surface area contributed by atoms with Crippen LogP contribution in [0, 0.1) is 10.1 Å². The van der Waals surface area contributed by atoms with Crippen molar-refractivity contribution in [2.45, 2.75) is 24.0 Å². The van der Waals surface area contributed by atoms with Gasteiger partial charge in [0.25, 0.3) is 5.69 Å². The Balaban J connectivity index is 3.07. The molecule has 0 saturated carbocycles. The highest BCUT2D eigenvalue weighted by molar-refractivity contribution is 7.99. The van der Waals surface area contributed by atoms with Crippen molar-refractivity contribution >= 4 is 33.2 Å². The van der Waals surface area contributed by atoms with E-state index in [1.54, 1.807) is 6.92 Å². The van der Waals surface area contributed by atoms with Crippen molar-refractivity contribution in [3.63, 3.8) is 0 Å². The van der Waals surface area contributed by atoms with Crippen LogP contribution in [0.1, 0.15) is 13.8 Å². The molecule has 0 heterocycles. The summed E-state index contributed by atoms with van der Waals surface area (Å²) < 4.78 is 26.7. The first-order valence-electron chi connectivity index (χ1n) is 6.36. The SMILES string of the molecule is CCNc1ccc(S(=O)(=O)NCC(C)SC)cc1[N+](=O)[O-]. The van der Waals surface area contributed by atoms with Crippen LogP contribution in [0.3, 0.4) is 0 Å². The third-order valence-electron chi connectivity index (χ3n) is 2.81. The first-order chi connectivity index (χ1) is 9.81. The van der Waals surface area contributed by atoms with Gasteiger partial charge in [-0.2, -0.15) is 11.8 Å². The predicted octanol–water partition coefficient (Wildman–Crippen LogP) is 2.06. The first kappa shape index (κ1) is 17.7. The van der Waals surface area contributed by atoms with Crippen LogP contribution in [0.2, 0.25) is 0 Å². The highest BCUT2D eigenvalue weighted by Gasteiger charge is 2.21. The molecule has 0 aliphatic carbocycles. The highest BCUT2D eigenvalue weighted by Crippen LogP contribution is 2.27. The molecule has 0 spiro atoms. The van der Waals surface area contributed by atoms with Crippen LogP contribution in [0.25, 0.3) is 0 Å². The van der Waals surface area contributed by atoms with Crippen LogP contribution in [-0.2, 0) is 10.0 Å². The van der Waals surface area contributed by atoms with Crippen molar-refractivity contribution in [1.82, 2.24) is 4.72 Å². The van der Waals surface area contributed by atoms with E-state index in [-0.39, 0.29) is 22.4 Å². The molecule has 9 heteroatoms. The first-order valence-corrected chi connectivity index (χ1v) is 9.13. The predicted molar refractivity (Wildman–Crippen MR) is 85.4 cm³/mol. The van der Waals surface area contributed by atoms with Crippen LogP contribution in [0.5, 0.6) is 0 Å². The van der Waals surface area contributed by atoms with Gasteiger partial charge >= 0.3 is 0 Å². The molecule has 0 amide bonds. The Bertz CT molecular complexity index is 605. The van der Waals surface area contributed by atoms with Gasteiger partial charge in [-0.05, 0) is 25.3 Å². The van der Waals surface area contributed by atoms with Gasteiger partial charge in [0.05, 0.1) is 9.82 Å². The summed E-state index contributed by atoms with van der Waals surface area (Å²) >= 11 is 1.53. The van der Waals surface area contributed by atoms with Gasteiger partial charge in [-0.25, -0.2) is 13.1 Å². The summed E-state index contributed by atoms with van der Waals surface area (Å²) in [6, 6.07) is 3.84. The number of hydrogen-bond acceptors (Lipinski definition) is 6. The molecule has 0 bridgehead atoms. The second kappa shape index (κ2) is 7.62. The number of nitrogens with one attached hydrogen (secondary N) is 2. The smallest absolute Gasteiger partial charge is 0.293 e. The Morgan fingerprint density at radius 3 is 2.62 bits per heavy atom. The molecular formula is C12H19N3O4S2. The Morgan fingerprint density at radius 2 is 2.10 bits per heavy atom. The van der Waals surface area contributed by atoms with Crippen molar-refractivity contribution < 1.29 is 13.3 Å². The van der Waals surface area contributed by atoms with Crippen LogP contribution in [0.4, 0.5) is 11.4 Å². The number of nitro groups is 1. The number of anilines is 1. The normalized spacial score (nSPS) is 12.9. The number of thioether (sulfide) groups is 1. The van der Waals surface area contributed by atoms with Crippen LogP contribution < -0.4 is 10.0 Å². The van der Waals surface area contributed by atoms with E-state index in [0.29, 0.717) is 12.2 Å². The summed E-state index contributed by atoms with van der Waals surface area (Å²) in [6.07, 6.45) is 1.88. The Kier molecular flexibility index (Phi) is 6.43. The minimum absolute atomic E-state index is 0.107. The molecule has 7 nitrogen and oxygen atoms in total. The standard InChI is InChI=1S/C12H19N3O4S2/c1-4-13-11-6-5-10(7-12(11)15(16)17)21(18,19)14-8-9(2)20-3/h5-7,9,13-14H,4,8H2,1-3H3. The third kappa shape index (κ3) is 4.87. The van der Waals surface area contributed by atoms with E-state index in [2.05, 4.69) is 10.0 Å². The van der Waals surface area contributed by atoms with E-state index in [0.717, 1.165) is 6.07 Å². The molecule has 1 rings (SSSR count). The summed E-state index contributed by atoms with van der Waals surface area (Å²) in [7, 11) is -3.75. The van der Waals surface area contributed by atoms with Gasteiger partial charge in [0.2, 0.25) is 10.0 Å². The second-order valence-electron chi connectivity index (χ2n) is 4.36. The van der Waals surface area contributed by atoms with E-state index in [1.807, 2.05) is 13.2 Å². The van der Waals surface area contributed by atoms with E-state index in [9.17, 15) is 18.5 Å². The number of hydrogen-bond donors (Lipinski definition) is 2. The van der Waals surface area contributed by atoms with E-state index < -0.39 is 14.9 Å². The lowest BCUT2D eigenvalue weighted by molar-refractivity contribution is -0.384. The molecular weight excluding hydrogens is 314 g/mol. The van der Waals surface area contributed by atoms with Crippen LogP contribution >= 0.6 is 11.8 Å². The van der Waals surface area contributed by atoms with Gasteiger partial charge in [-0.3, -0.25) is 10.1 Å². The van der Waals surface area contributed by atoms with E-state index in [4.69, 9.17) is 0 Å². The lowest BCUT2D eigenvalue weighted by atomic mass is 10.2. The summed E-state index contributed by atoms with van der Waals surface area (Å²) in [4.78, 5) is 10.3. The van der Waals surface area contributed by atoms with Gasteiger partial charge in [-0.15, -0.1) is 0 Å². The number of nitro benzene ring substituents is 1. The molecule has 118 valence electrons. The molecule has 0 saturated heterocycles. The summed E-state index contributed by atoms with van der Waals surface area (Å²) in [6.45, 7) is 4.48. The number of sulfonamides is 1. The molecule has 0 aliphatic heterocycles. The molecule has 1 unspecified atom stereocenters. The molecule has 21 heavy (non-hydrogen) atoms. The summed E-state index contributed by atoms with van der Waals surface area (Å²) in [5, 5.41) is 14.0. The molecule has 0 aromatic heterocycles. The molecule has 0 fully saturated rings. The minimum atomic E-state index is -3.75. The molecule has 1 atom stereocenters. The zero-order valence-corrected chi connectivity index (χ0v) is 13.8. The van der Waals surface area contributed by atoms with Crippen LogP contribution in [0.15, 0.2) is 23.1 Å². The van der Waals surface area contributed by atoms with Gasteiger partial charge in [-0.1, -0.05) is 6.92 Å². The quantitative estimate of drug-likeness (QED) is 0.558. The van der Waals surface area contributed by atoms with Crippen LogP contribution in [-0.4, -0.2) is 37.9 Å². The minimum Gasteiger partial charge on any atom is -0.380 e. The fraction of sp³-hybridized carbons (Fsp3) is 0.500. The Labute approximate surface area is 128 Å². The fourth-order valence-corrected chi connectivity index (χ4v) is 3.07. The van der Waals surface area contributed by atoms with Crippen molar-refractivity contribution in [2.24, 2.45) is 0 Å². The highest BCUT2D eigenvalue weighted by atomic mass is 32.2. The average molecular weight is 333 g/mol. The molecule has 1 aromatic carbocycles. The van der Waals surface area contributed by atoms with Gasteiger partial charge < -0.3 is 5.32 Å². The lowest BCUT2D eigenvalue weighted by Crippen LogP contribution is -2.29. The second-order valence-corrected chi connectivity index (χ2v) is 7.41. The zero-order valence-electron chi connectivity index (χ0n) is 12.1. The van der Waals surface area contributed by atoms with Gasteiger partial charge in [0.15, 0.2) is 0 Å². The third-order valence-corrected chi connectivity index (χ3v) is 5.20. The van der Waals surface area contributed by atoms with Crippen molar-refractivity contribution in [1.29, 1.82) is 0 Å². The maximum Gasteiger partial charge on any atom is 0.293 e. The number of nitrogens with zero attached hydrogens (tertiary/aromatic N) is 1. The van der Waals surface area contributed by atoms with Gasteiger partial charge in [0.1, 0.15) is 5.69 Å². The maximum absolute atomic E-state index is 12.1. The number of rotatable bonds is 8. The molecule has 0 radical (unpaired) electrons.